The molecule has 0 saturated carbocycles. The molecule has 1 aromatic heterocycles. The summed E-state index contributed by atoms with van der Waals surface area (Å²) >= 11 is 4.08. The first-order chi connectivity index (χ1) is 8.66. The Morgan fingerprint density at radius 1 is 0.944 bits per heavy atom. The Bertz CT molecular complexity index is 716. The van der Waals surface area contributed by atoms with E-state index in [0.717, 1.165) is 22.3 Å². The van der Waals surface area contributed by atoms with Gasteiger partial charge in [-0.05, 0) is 57.8 Å². The van der Waals surface area contributed by atoms with Crippen LogP contribution in [0.1, 0.15) is 0 Å². The van der Waals surface area contributed by atoms with Crippen molar-refractivity contribution in [1.29, 1.82) is 0 Å². The molecule has 0 atom stereocenters. The quantitative estimate of drug-likeness (QED) is 0.497. The molecule has 0 bridgehead atoms. The zero-order valence-electron chi connectivity index (χ0n) is 9.48. The minimum absolute atomic E-state index is 0.779. The van der Waals surface area contributed by atoms with Gasteiger partial charge in [-0.25, -0.2) is 0 Å². The Hall–Kier alpha value is -1.27. The predicted octanol–water partition coefficient (Wildman–Crippen LogP) is 4.34. The molecule has 0 amide bonds. The maximum atomic E-state index is 6.12. The lowest BCUT2D eigenvalue weighted by Gasteiger charge is -2.04. The molecule has 18 heavy (non-hydrogen) atoms. The van der Waals surface area contributed by atoms with Crippen LogP contribution in [0.3, 0.4) is 0 Å². The van der Waals surface area contributed by atoms with Gasteiger partial charge in [-0.3, -0.25) is 0 Å². The van der Waals surface area contributed by atoms with Gasteiger partial charge in [-0.2, -0.15) is 0 Å². The highest BCUT2D eigenvalue weighted by atomic mass is 127. The Morgan fingerprint density at radius 3 is 2.39 bits per heavy atom. The van der Waals surface area contributed by atoms with Crippen LogP contribution in [0.15, 0.2) is 41.8 Å². The smallest absolute Gasteiger partial charge is 0.0503 e. The highest BCUT2D eigenvalue weighted by Crippen LogP contribution is 2.39. The molecule has 4 N–H and O–H groups in total. The van der Waals surface area contributed by atoms with Crippen molar-refractivity contribution >= 4 is 55.4 Å². The van der Waals surface area contributed by atoms with E-state index in [2.05, 4.69) is 34.0 Å². The van der Waals surface area contributed by atoms with Gasteiger partial charge in [0, 0.05) is 25.9 Å². The molecule has 3 aromatic rings. The molecule has 1 heterocycles. The highest BCUT2D eigenvalue weighted by Gasteiger charge is 2.11. The summed E-state index contributed by atoms with van der Waals surface area (Å²) in [6.07, 6.45) is 0. The molecular formula is C14H11IN2S. The Morgan fingerprint density at radius 2 is 1.67 bits per heavy atom. The number of hydrogen-bond acceptors (Lipinski definition) is 3. The van der Waals surface area contributed by atoms with Crippen molar-refractivity contribution in [2.24, 2.45) is 0 Å². The minimum Gasteiger partial charge on any atom is -0.399 e. The summed E-state index contributed by atoms with van der Waals surface area (Å²) in [5.74, 6) is 0. The number of nitrogen functional groups attached to an aromatic ring is 2. The summed E-state index contributed by atoms with van der Waals surface area (Å²) in [5, 5.41) is 3.31. The SMILES string of the molecule is Nc1ccc(-c2csc3c(I)ccc(N)c23)cc1. The van der Waals surface area contributed by atoms with Crippen LogP contribution < -0.4 is 11.5 Å². The molecule has 0 fully saturated rings. The molecule has 0 aliphatic carbocycles. The molecule has 0 radical (unpaired) electrons. The second kappa shape index (κ2) is 4.44. The van der Waals surface area contributed by atoms with E-state index < -0.39 is 0 Å². The van der Waals surface area contributed by atoms with Crippen LogP contribution in [0.2, 0.25) is 0 Å². The molecular weight excluding hydrogens is 355 g/mol. The van der Waals surface area contributed by atoms with Gasteiger partial charge in [0.2, 0.25) is 0 Å². The van der Waals surface area contributed by atoms with Crippen molar-refractivity contribution in [2.45, 2.75) is 0 Å². The van der Waals surface area contributed by atoms with Gasteiger partial charge in [-0.15, -0.1) is 11.3 Å². The van der Waals surface area contributed by atoms with Crippen LogP contribution in [0.25, 0.3) is 21.2 Å². The summed E-state index contributed by atoms with van der Waals surface area (Å²) in [7, 11) is 0. The maximum Gasteiger partial charge on any atom is 0.0503 e. The van der Waals surface area contributed by atoms with E-state index in [-0.39, 0.29) is 0 Å². The van der Waals surface area contributed by atoms with E-state index in [1.807, 2.05) is 30.3 Å². The third kappa shape index (κ3) is 1.85. The van der Waals surface area contributed by atoms with Crippen molar-refractivity contribution in [1.82, 2.24) is 0 Å². The van der Waals surface area contributed by atoms with Gasteiger partial charge in [0.1, 0.15) is 0 Å². The normalized spacial score (nSPS) is 10.9. The van der Waals surface area contributed by atoms with Crippen LogP contribution in [0.4, 0.5) is 11.4 Å². The summed E-state index contributed by atoms with van der Waals surface area (Å²) in [6.45, 7) is 0. The molecule has 4 heteroatoms. The topological polar surface area (TPSA) is 52.0 Å². The first kappa shape index (κ1) is 11.8. The average Bonchev–Trinajstić information content (AvgIpc) is 2.81. The van der Waals surface area contributed by atoms with Crippen LogP contribution in [0.5, 0.6) is 0 Å². The van der Waals surface area contributed by atoms with Crippen LogP contribution in [0, 0.1) is 3.57 Å². The van der Waals surface area contributed by atoms with Crippen molar-refractivity contribution < 1.29 is 0 Å². The fraction of sp³-hybridized carbons (Fsp3) is 0. The van der Waals surface area contributed by atoms with E-state index in [1.54, 1.807) is 11.3 Å². The molecule has 2 aromatic carbocycles. The fourth-order valence-electron chi connectivity index (χ4n) is 2.02. The third-order valence-electron chi connectivity index (χ3n) is 2.93. The summed E-state index contributed by atoms with van der Waals surface area (Å²) in [5.41, 5.74) is 15.8. The molecule has 0 saturated heterocycles. The van der Waals surface area contributed by atoms with Crippen molar-refractivity contribution in [3.8, 4) is 11.1 Å². The Labute approximate surface area is 123 Å². The zero-order valence-corrected chi connectivity index (χ0v) is 12.5. The molecule has 0 aliphatic rings. The van der Waals surface area contributed by atoms with Crippen LogP contribution in [-0.4, -0.2) is 0 Å². The molecule has 0 aliphatic heterocycles. The van der Waals surface area contributed by atoms with Crippen molar-refractivity contribution in [3.05, 3.63) is 45.3 Å². The van der Waals surface area contributed by atoms with Gasteiger partial charge >= 0.3 is 0 Å². The number of nitrogens with two attached hydrogens (primary N) is 2. The van der Waals surface area contributed by atoms with E-state index in [0.29, 0.717) is 0 Å². The van der Waals surface area contributed by atoms with E-state index in [1.165, 1.54) is 13.8 Å². The lowest BCUT2D eigenvalue weighted by Crippen LogP contribution is -1.88. The highest BCUT2D eigenvalue weighted by molar-refractivity contribution is 14.1. The number of hydrogen-bond donors (Lipinski definition) is 2. The van der Waals surface area contributed by atoms with Gasteiger partial charge in [0.15, 0.2) is 0 Å². The van der Waals surface area contributed by atoms with Crippen molar-refractivity contribution in [3.63, 3.8) is 0 Å². The number of halogens is 1. The number of anilines is 2. The third-order valence-corrected chi connectivity index (χ3v) is 5.21. The summed E-state index contributed by atoms with van der Waals surface area (Å²) in [6, 6.07) is 11.9. The predicted molar refractivity (Wildman–Crippen MR) is 88.8 cm³/mol. The Balaban J connectivity index is 2.30. The molecule has 2 nitrogen and oxygen atoms in total. The second-order valence-electron chi connectivity index (χ2n) is 4.11. The molecule has 0 unspecified atom stereocenters. The Kier molecular flexibility index (Phi) is 2.91. The lowest BCUT2D eigenvalue weighted by atomic mass is 10.0. The van der Waals surface area contributed by atoms with Crippen LogP contribution in [-0.2, 0) is 0 Å². The number of fused-ring (bicyclic) bond motifs is 1. The van der Waals surface area contributed by atoms with E-state index in [4.69, 9.17) is 11.5 Å². The largest absolute Gasteiger partial charge is 0.399 e. The number of thiophene rings is 1. The number of benzene rings is 2. The molecule has 0 spiro atoms. The first-order valence-corrected chi connectivity index (χ1v) is 7.44. The molecule has 3 rings (SSSR count). The first-order valence-electron chi connectivity index (χ1n) is 5.48. The zero-order chi connectivity index (χ0) is 12.7. The van der Waals surface area contributed by atoms with Crippen LogP contribution >= 0.6 is 33.9 Å². The second-order valence-corrected chi connectivity index (χ2v) is 6.15. The fourth-order valence-corrected chi connectivity index (χ4v) is 3.86. The summed E-state index contributed by atoms with van der Waals surface area (Å²) < 4.78 is 2.49. The average molecular weight is 366 g/mol. The maximum absolute atomic E-state index is 6.12. The van der Waals surface area contributed by atoms with E-state index in [9.17, 15) is 0 Å². The van der Waals surface area contributed by atoms with Gasteiger partial charge in [0.25, 0.3) is 0 Å². The van der Waals surface area contributed by atoms with Gasteiger partial charge in [0.05, 0.1) is 4.70 Å². The lowest BCUT2D eigenvalue weighted by molar-refractivity contribution is 1.66. The van der Waals surface area contributed by atoms with E-state index >= 15 is 0 Å². The van der Waals surface area contributed by atoms with Gasteiger partial charge in [-0.1, -0.05) is 12.1 Å². The number of rotatable bonds is 1. The standard InChI is InChI=1S/C14H11IN2S/c15-11-5-6-12(17)13-10(7-18-14(11)13)8-1-3-9(16)4-2-8/h1-7H,16-17H2. The minimum atomic E-state index is 0.779. The molecule has 90 valence electrons. The van der Waals surface area contributed by atoms with Gasteiger partial charge < -0.3 is 11.5 Å². The monoisotopic (exact) mass is 366 g/mol. The van der Waals surface area contributed by atoms with Crippen molar-refractivity contribution in [2.75, 3.05) is 11.5 Å². The summed E-state index contributed by atoms with van der Waals surface area (Å²) in [4.78, 5) is 0.